The van der Waals surface area contributed by atoms with Crippen LogP contribution < -0.4 is 0 Å². The Morgan fingerprint density at radius 1 is 0.895 bits per heavy atom. The Morgan fingerprint density at radius 2 is 1.63 bits per heavy atom. The van der Waals surface area contributed by atoms with Crippen LogP contribution in [0.25, 0.3) is 17.6 Å². The molecular formula is C17H12O2. The molecule has 0 atom stereocenters. The van der Waals surface area contributed by atoms with Gasteiger partial charge in [0.15, 0.2) is 0 Å². The lowest BCUT2D eigenvalue weighted by Crippen LogP contribution is -2.01. The van der Waals surface area contributed by atoms with Crippen LogP contribution in [-0.4, -0.2) is 6.29 Å². The van der Waals surface area contributed by atoms with Crippen LogP contribution in [0.15, 0.2) is 60.7 Å². The molecule has 2 heteroatoms. The summed E-state index contributed by atoms with van der Waals surface area (Å²) in [6.45, 7) is 0. The van der Waals surface area contributed by atoms with Crippen molar-refractivity contribution in [1.29, 1.82) is 0 Å². The van der Waals surface area contributed by atoms with Crippen molar-refractivity contribution < 1.29 is 9.53 Å². The van der Waals surface area contributed by atoms with Crippen LogP contribution in [0.2, 0.25) is 0 Å². The van der Waals surface area contributed by atoms with E-state index in [0.717, 1.165) is 28.7 Å². The molecule has 0 amide bonds. The van der Waals surface area contributed by atoms with Crippen molar-refractivity contribution in [2.24, 2.45) is 0 Å². The monoisotopic (exact) mass is 248 g/mol. The van der Waals surface area contributed by atoms with Gasteiger partial charge in [0.1, 0.15) is 17.8 Å². The van der Waals surface area contributed by atoms with Crippen LogP contribution >= 0.6 is 0 Å². The first-order valence-corrected chi connectivity index (χ1v) is 6.08. The third-order valence-corrected chi connectivity index (χ3v) is 3.01. The van der Waals surface area contributed by atoms with E-state index in [1.165, 1.54) is 6.08 Å². The second-order valence-electron chi connectivity index (χ2n) is 4.23. The van der Waals surface area contributed by atoms with Gasteiger partial charge < -0.3 is 4.74 Å². The van der Waals surface area contributed by atoms with Crippen LogP contribution in [-0.2, 0) is 9.53 Å². The Kier molecular flexibility index (Phi) is 2.99. The largest absolute Gasteiger partial charge is 0.456 e. The summed E-state index contributed by atoms with van der Waals surface area (Å²) in [5, 5.41) is 0. The number of benzene rings is 2. The van der Waals surface area contributed by atoms with E-state index in [1.54, 1.807) is 0 Å². The molecule has 1 aliphatic rings. The lowest BCUT2D eigenvalue weighted by molar-refractivity contribution is -0.104. The molecule has 0 unspecified atom stereocenters. The van der Waals surface area contributed by atoms with E-state index < -0.39 is 0 Å². The molecule has 2 aromatic rings. The van der Waals surface area contributed by atoms with Crippen molar-refractivity contribution in [1.82, 2.24) is 0 Å². The summed E-state index contributed by atoms with van der Waals surface area (Å²) in [6.07, 6.45) is 4.20. The first-order valence-electron chi connectivity index (χ1n) is 6.08. The number of aldehydes is 1. The maximum absolute atomic E-state index is 10.8. The van der Waals surface area contributed by atoms with Gasteiger partial charge in [0.25, 0.3) is 0 Å². The van der Waals surface area contributed by atoms with Gasteiger partial charge >= 0.3 is 0 Å². The van der Waals surface area contributed by atoms with Crippen molar-refractivity contribution in [3.05, 3.63) is 77.4 Å². The van der Waals surface area contributed by atoms with Crippen LogP contribution in [0.4, 0.5) is 0 Å². The molecule has 0 aromatic heterocycles. The molecule has 3 rings (SSSR count). The number of hydrogen-bond acceptors (Lipinski definition) is 2. The van der Waals surface area contributed by atoms with Gasteiger partial charge in [-0.3, -0.25) is 4.79 Å². The number of ether oxygens (including phenoxy) is 1. The smallest absolute Gasteiger partial charge is 0.146 e. The molecule has 0 saturated carbocycles. The van der Waals surface area contributed by atoms with Crippen LogP contribution in [0.1, 0.15) is 16.7 Å². The molecule has 2 nitrogen and oxygen atoms in total. The van der Waals surface area contributed by atoms with E-state index in [4.69, 9.17) is 4.74 Å². The Morgan fingerprint density at radius 3 is 2.42 bits per heavy atom. The molecule has 0 spiro atoms. The highest BCUT2D eigenvalue weighted by Gasteiger charge is 2.17. The van der Waals surface area contributed by atoms with Crippen molar-refractivity contribution in [2.75, 3.05) is 0 Å². The molecule has 1 heterocycles. The average Bonchev–Trinajstić information content (AvgIpc) is 2.48. The predicted octanol–water partition coefficient (Wildman–Crippen LogP) is 3.75. The molecule has 0 aliphatic carbocycles. The van der Waals surface area contributed by atoms with E-state index >= 15 is 0 Å². The number of hydrogen-bond donors (Lipinski definition) is 0. The minimum Gasteiger partial charge on any atom is -0.456 e. The van der Waals surface area contributed by atoms with Crippen molar-refractivity contribution in [3.63, 3.8) is 0 Å². The number of fused-ring (bicyclic) bond motifs is 1. The Labute approximate surface area is 111 Å². The van der Waals surface area contributed by atoms with Crippen LogP contribution in [0.3, 0.4) is 0 Å². The fraction of sp³-hybridized carbons (Fsp3) is 0. The first kappa shape index (κ1) is 11.5. The molecule has 0 bridgehead atoms. The SMILES string of the molecule is O=CC=C1OC(c2ccccc2)=Cc2ccccc21. The number of rotatable bonds is 2. The summed E-state index contributed by atoms with van der Waals surface area (Å²) in [5.74, 6) is 1.35. The number of carbonyl (C=O) groups is 1. The molecule has 0 radical (unpaired) electrons. The minimum absolute atomic E-state index is 0.590. The standard InChI is InChI=1S/C17H12O2/c18-11-10-16-15-9-5-4-8-14(15)12-17(19-16)13-6-2-1-3-7-13/h1-12H. The van der Waals surface area contributed by atoms with E-state index in [0.29, 0.717) is 5.76 Å². The minimum atomic E-state index is 0.590. The molecule has 0 fully saturated rings. The zero-order valence-corrected chi connectivity index (χ0v) is 10.2. The van der Waals surface area contributed by atoms with Gasteiger partial charge in [0.05, 0.1) is 0 Å². The molecule has 1 aliphatic heterocycles. The highest BCUT2D eigenvalue weighted by Crippen LogP contribution is 2.34. The Balaban J connectivity index is 2.13. The maximum Gasteiger partial charge on any atom is 0.146 e. The summed E-state index contributed by atoms with van der Waals surface area (Å²) < 4.78 is 5.83. The van der Waals surface area contributed by atoms with Crippen LogP contribution in [0.5, 0.6) is 0 Å². The van der Waals surface area contributed by atoms with Crippen molar-refractivity contribution >= 4 is 23.9 Å². The lowest BCUT2D eigenvalue weighted by Gasteiger charge is -2.20. The fourth-order valence-corrected chi connectivity index (χ4v) is 2.12. The van der Waals surface area contributed by atoms with Gasteiger partial charge in [0.2, 0.25) is 0 Å². The third-order valence-electron chi connectivity index (χ3n) is 3.01. The number of carbonyl (C=O) groups excluding carboxylic acids is 1. The Bertz CT molecular complexity index is 667. The second kappa shape index (κ2) is 4.94. The quantitative estimate of drug-likeness (QED) is 0.597. The summed E-state index contributed by atoms with van der Waals surface area (Å²) >= 11 is 0. The lowest BCUT2D eigenvalue weighted by atomic mass is 10.0. The van der Waals surface area contributed by atoms with E-state index in [1.807, 2.05) is 60.7 Å². The van der Waals surface area contributed by atoms with Gasteiger partial charge in [-0.15, -0.1) is 0 Å². The van der Waals surface area contributed by atoms with Gasteiger partial charge in [-0.2, -0.15) is 0 Å². The highest BCUT2D eigenvalue weighted by atomic mass is 16.5. The summed E-state index contributed by atoms with van der Waals surface area (Å²) in [6, 6.07) is 17.7. The van der Waals surface area contributed by atoms with Gasteiger partial charge in [0, 0.05) is 17.2 Å². The topological polar surface area (TPSA) is 26.3 Å². The molecule has 19 heavy (non-hydrogen) atoms. The molecule has 0 N–H and O–H groups in total. The maximum atomic E-state index is 10.8. The molecule has 2 aromatic carbocycles. The summed E-state index contributed by atoms with van der Waals surface area (Å²) in [7, 11) is 0. The second-order valence-corrected chi connectivity index (χ2v) is 4.23. The van der Waals surface area contributed by atoms with E-state index in [-0.39, 0.29) is 0 Å². The average molecular weight is 248 g/mol. The third kappa shape index (κ3) is 2.20. The zero-order valence-electron chi connectivity index (χ0n) is 10.2. The summed E-state index contributed by atoms with van der Waals surface area (Å²) in [4.78, 5) is 10.8. The molecular weight excluding hydrogens is 236 g/mol. The summed E-state index contributed by atoms with van der Waals surface area (Å²) in [5.41, 5.74) is 2.99. The van der Waals surface area contributed by atoms with Crippen LogP contribution in [0, 0.1) is 0 Å². The molecule has 0 saturated heterocycles. The zero-order chi connectivity index (χ0) is 13.1. The van der Waals surface area contributed by atoms with Crippen molar-refractivity contribution in [3.8, 4) is 0 Å². The predicted molar refractivity (Wildman–Crippen MR) is 75.9 cm³/mol. The highest BCUT2D eigenvalue weighted by molar-refractivity contribution is 5.92. The van der Waals surface area contributed by atoms with Crippen molar-refractivity contribution in [2.45, 2.75) is 0 Å². The van der Waals surface area contributed by atoms with Gasteiger partial charge in [-0.25, -0.2) is 0 Å². The van der Waals surface area contributed by atoms with Gasteiger partial charge in [-0.05, 0) is 11.6 Å². The Hall–Kier alpha value is -2.61. The first-order chi connectivity index (χ1) is 9.38. The number of allylic oxidation sites excluding steroid dienone is 1. The van der Waals surface area contributed by atoms with E-state index in [2.05, 4.69) is 0 Å². The van der Waals surface area contributed by atoms with Gasteiger partial charge in [-0.1, -0.05) is 54.6 Å². The fourth-order valence-electron chi connectivity index (χ4n) is 2.12. The van der Waals surface area contributed by atoms with E-state index in [9.17, 15) is 4.79 Å². The normalized spacial score (nSPS) is 15.4. The molecule has 92 valence electrons.